The van der Waals surface area contributed by atoms with Gasteiger partial charge >= 0.3 is 5.97 Å². The van der Waals surface area contributed by atoms with Crippen LogP contribution in [0, 0.1) is 0 Å². The lowest BCUT2D eigenvalue weighted by Gasteiger charge is -2.28. The van der Waals surface area contributed by atoms with Crippen LogP contribution in [-0.4, -0.2) is 18.9 Å². The SMILES string of the molecule is COC(=O)C1=C(C)NC2=C(C(=O)c3ccccc32)[C@H]1c1cccs1. The summed E-state index contributed by atoms with van der Waals surface area (Å²) in [7, 11) is 1.36. The smallest absolute Gasteiger partial charge is 0.336 e. The molecule has 0 bridgehead atoms. The molecule has 0 fully saturated rings. The molecule has 1 aliphatic heterocycles. The summed E-state index contributed by atoms with van der Waals surface area (Å²) in [6, 6.07) is 11.4. The van der Waals surface area contributed by atoms with Crippen LogP contribution in [0.2, 0.25) is 0 Å². The van der Waals surface area contributed by atoms with Crippen molar-refractivity contribution in [3.8, 4) is 0 Å². The van der Waals surface area contributed by atoms with Gasteiger partial charge in [0.25, 0.3) is 0 Å². The second-order valence-corrected chi connectivity index (χ2v) is 6.75. The molecule has 1 N–H and O–H groups in total. The first-order valence-corrected chi connectivity index (χ1v) is 8.49. The minimum atomic E-state index is -0.409. The molecule has 4 rings (SSSR count). The Kier molecular flexibility index (Phi) is 3.39. The first-order valence-electron chi connectivity index (χ1n) is 7.61. The van der Waals surface area contributed by atoms with Gasteiger partial charge in [0.15, 0.2) is 5.78 Å². The molecule has 2 heterocycles. The van der Waals surface area contributed by atoms with Gasteiger partial charge in [-0.1, -0.05) is 30.3 Å². The van der Waals surface area contributed by atoms with Crippen molar-refractivity contribution in [2.45, 2.75) is 12.8 Å². The summed E-state index contributed by atoms with van der Waals surface area (Å²) < 4.78 is 4.98. The molecule has 5 heteroatoms. The molecule has 0 spiro atoms. The first-order chi connectivity index (χ1) is 11.6. The topological polar surface area (TPSA) is 55.4 Å². The standard InChI is InChI=1S/C19H15NO3S/c1-10-14(19(22)23-2)15(13-8-5-9-24-13)16-17(20-10)11-6-3-4-7-12(11)18(16)21/h3-9,15,20H,1-2H3/t15-/m0/s1. The van der Waals surface area contributed by atoms with Crippen LogP contribution in [0.5, 0.6) is 0 Å². The Balaban J connectivity index is 1.95. The number of hydrogen-bond donors (Lipinski definition) is 1. The number of rotatable bonds is 2. The maximum Gasteiger partial charge on any atom is 0.336 e. The van der Waals surface area contributed by atoms with Crippen LogP contribution < -0.4 is 5.32 Å². The third kappa shape index (κ3) is 1.98. The third-order valence-electron chi connectivity index (χ3n) is 4.48. The van der Waals surface area contributed by atoms with Crippen LogP contribution >= 0.6 is 11.3 Å². The van der Waals surface area contributed by atoms with Crippen LogP contribution in [0.25, 0.3) is 5.70 Å². The van der Waals surface area contributed by atoms with Crippen molar-refractivity contribution < 1.29 is 14.3 Å². The molecule has 120 valence electrons. The molecule has 0 saturated heterocycles. The van der Waals surface area contributed by atoms with Crippen molar-refractivity contribution in [1.82, 2.24) is 5.32 Å². The summed E-state index contributed by atoms with van der Waals surface area (Å²) in [5.74, 6) is -0.831. The molecule has 0 saturated carbocycles. The van der Waals surface area contributed by atoms with Crippen molar-refractivity contribution in [3.63, 3.8) is 0 Å². The lowest BCUT2D eigenvalue weighted by molar-refractivity contribution is -0.136. The van der Waals surface area contributed by atoms with Gasteiger partial charge in [0.2, 0.25) is 0 Å². The number of methoxy groups -OCH3 is 1. The van der Waals surface area contributed by atoms with Crippen LogP contribution in [0.15, 0.2) is 58.6 Å². The molecule has 0 amide bonds. The molecule has 2 aromatic rings. The van der Waals surface area contributed by atoms with Crippen molar-refractivity contribution in [3.05, 3.63) is 74.6 Å². The quantitative estimate of drug-likeness (QED) is 0.852. The number of allylic oxidation sites excluding steroid dienone is 2. The summed E-state index contributed by atoms with van der Waals surface area (Å²) in [5, 5.41) is 5.22. The molecular formula is C19H15NO3S. The molecule has 1 aromatic carbocycles. The Hall–Kier alpha value is -2.66. The number of Topliss-reactive ketones (excluding diaryl/α,β-unsaturated/α-hetero) is 1. The Labute approximate surface area is 143 Å². The molecule has 2 aliphatic rings. The number of ketones is 1. The summed E-state index contributed by atoms with van der Waals surface area (Å²) in [6.07, 6.45) is 0. The predicted octanol–water partition coefficient (Wildman–Crippen LogP) is 3.49. The number of esters is 1. The molecule has 1 aliphatic carbocycles. The number of hydrogen-bond acceptors (Lipinski definition) is 5. The summed E-state index contributed by atoms with van der Waals surface area (Å²) in [5.41, 5.74) is 4.23. The maximum atomic E-state index is 13.0. The van der Waals surface area contributed by atoms with Crippen LogP contribution in [-0.2, 0) is 9.53 Å². The number of carbonyl (C=O) groups is 2. The second kappa shape index (κ2) is 5.46. The molecule has 4 nitrogen and oxygen atoms in total. The third-order valence-corrected chi connectivity index (χ3v) is 5.42. The van der Waals surface area contributed by atoms with E-state index in [0.29, 0.717) is 16.7 Å². The zero-order chi connectivity index (χ0) is 16.8. The van der Waals surface area contributed by atoms with Gasteiger partial charge in [-0.2, -0.15) is 0 Å². The Morgan fingerprint density at radius 3 is 2.58 bits per heavy atom. The minimum Gasteiger partial charge on any atom is -0.466 e. The van der Waals surface area contributed by atoms with Crippen molar-refractivity contribution in [2.75, 3.05) is 7.11 Å². The number of dihydropyridines is 1. The highest BCUT2D eigenvalue weighted by Crippen LogP contribution is 2.47. The van der Waals surface area contributed by atoms with Crippen LogP contribution in [0.3, 0.4) is 0 Å². The lowest BCUT2D eigenvalue weighted by Crippen LogP contribution is -2.28. The summed E-state index contributed by atoms with van der Waals surface area (Å²) in [6.45, 7) is 1.85. The lowest BCUT2D eigenvalue weighted by atomic mass is 9.83. The van der Waals surface area contributed by atoms with E-state index in [2.05, 4.69) is 5.32 Å². The molecule has 1 aromatic heterocycles. The Morgan fingerprint density at radius 2 is 1.92 bits per heavy atom. The average molecular weight is 337 g/mol. The molecule has 24 heavy (non-hydrogen) atoms. The highest BCUT2D eigenvalue weighted by Gasteiger charge is 2.43. The monoisotopic (exact) mass is 337 g/mol. The van der Waals surface area contributed by atoms with E-state index < -0.39 is 11.9 Å². The highest BCUT2D eigenvalue weighted by atomic mass is 32.1. The summed E-state index contributed by atoms with van der Waals surface area (Å²) in [4.78, 5) is 26.4. The van der Waals surface area contributed by atoms with E-state index in [1.165, 1.54) is 18.4 Å². The zero-order valence-electron chi connectivity index (χ0n) is 13.3. The average Bonchev–Trinajstić information content (AvgIpc) is 3.22. The highest BCUT2D eigenvalue weighted by molar-refractivity contribution is 7.10. The van der Waals surface area contributed by atoms with E-state index in [9.17, 15) is 9.59 Å². The van der Waals surface area contributed by atoms with Crippen LogP contribution in [0.4, 0.5) is 0 Å². The fraction of sp³-hybridized carbons (Fsp3) is 0.158. The minimum absolute atomic E-state index is 0.0274. The van der Waals surface area contributed by atoms with Gasteiger partial charge in [-0.05, 0) is 18.4 Å². The van der Waals surface area contributed by atoms with E-state index >= 15 is 0 Å². The molecule has 0 radical (unpaired) electrons. The number of ether oxygens (including phenoxy) is 1. The normalized spacial score (nSPS) is 19.1. The number of carbonyl (C=O) groups excluding carboxylic acids is 2. The first kappa shape index (κ1) is 14.9. The van der Waals surface area contributed by atoms with Gasteiger partial charge in [0.05, 0.1) is 24.3 Å². The Bertz CT molecular complexity index is 922. The number of fused-ring (bicyclic) bond motifs is 2. The van der Waals surface area contributed by atoms with Crippen molar-refractivity contribution >= 4 is 28.8 Å². The van der Waals surface area contributed by atoms with E-state index in [4.69, 9.17) is 4.74 Å². The van der Waals surface area contributed by atoms with Crippen molar-refractivity contribution in [2.24, 2.45) is 0 Å². The fourth-order valence-corrected chi connectivity index (χ4v) is 4.29. The van der Waals surface area contributed by atoms with Crippen molar-refractivity contribution in [1.29, 1.82) is 0 Å². The maximum absolute atomic E-state index is 13.0. The van der Waals surface area contributed by atoms with Gasteiger partial charge < -0.3 is 10.1 Å². The van der Waals surface area contributed by atoms with E-state index in [1.54, 1.807) is 0 Å². The predicted molar refractivity (Wildman–Crippen MR) is 92.6 cm³/mol. The fourth-order valence-electron chi connectivity index (χ4n) is 3.45. The summed E-state index contributed by atoms with van der Waals surface area (Å²) >= 11 is 1.54. The van der Waals surface area contributed by atoms with Gasteiger partial charge in [-0.15, -0.1) is 11.3 Å². The van der Waals surface area contributed by atoms with Gasteiger partial charge in [-0.25, -0.2) is 4.79 Å². The zero-order valence-corrected chi connectivity index (χ0v) is 14.1. The van der Waals surface area contributed by atoms with E-state index in [0.717, 1.165) is 21.8 Å². The molecule has 0 unspecified atom stereocenters. The largest absolute Gasteiger partial charge is 0.466 e. The molecular weight excluding hydrogens is 322 g/mol. The molecule has 1 atom stereocenters. The van der Waals surface area contributed by atoms with Gasteiger partial charge in [-0.3, -0.25) is 4.79 Å². The van der Waals surface area contributed by atoms with Gasteiger partial charge in [0.1, 0.15) is 0 Å². The van der Waals surface area contributed by atoms with E-state index in [1.807, 2.05) is 48.7 Å². The van der Waals surface area contributed by atoms with Gasteiger partial charge in [0, 0.05) is 27.3 Å². The number of thiophene rings is 1. The second-order valence-electron chi connectivity index (χ2n) is 5.77. The van der Waals surface area contributed by atoms with E-state index in [-0.39, 0.29) is 5.78 Å². The Morgan fingerprint density at radius 1 is 1.17 bits per heavy atom. The number of nitrogens with one attached hydrogen (secondary N) is 1. The van der Waals surface area contributed by atoms with Crippen LogP contribution in [0.1, 0.15) is 33.6 Å². The number of benzene rings is 1.